The zero-order valence-corrected chi connectivity index (χ0v) is 11.6. The third kappa shape index (κ3) is 2.51. The summed E-state index contributed by atoms with van der Waals surface area (Å²) in [6.45, 7) is 4.18. The van der Waals surface area contributed by atoms with Crippen molar-refractivity contribution in [3.05, 3.63) is 35.2 Å². The molecule has 1 saturated heterocycles. The fraction of sp³-hybridized carbons (Fsp3) is 0.429. The minimum Gasteiger partial charge on any atom is -0.338 e. The molecule has 3 rings (SSSR count). The molecule has 1 aromatic carbocycles. The van der Waals surface area contributed by atoms with E-state index in [9.17, 15) is 0 Å². The number of nitrogens with one attached hydrogen (secondary N) is 1. The fourth-order valence-electron chi connectivity index (χ4n) is 2.38. The Kier molecular flexibility index (Phi) is 3.29. The van der Waals surface area contributed by atoms with Gasteiger partial charge >= 0.3 is 0 Å². The number of piperidine rings is 1. The van der Waals surface area contributed by atoms with Crippen molar-refractivity contribution < 1.29 is 4.52 Å². The predicted octanol–water partition coefficient (Wildman–Crippen LogP) is 3.03. The summed E-state index contributed by atoms with van der Waals surface area (Å²) in [6, 6.07) is 7.47. The maximum Gasteiger partial charge on any atom is 0.232 e. The molecule has 0 spiro atoms. The smallest absolute Gasteiger partial charge is 0.232 e. The highest BCUT2D eigenvalue weighted by atomic mass is 35.5. The van der Waals surface area contributed by atoms with Crippen molar-refractivity contribution in [2.45, 2.75) is 25.2 Å². The van der Waals surface area contributed by atoms with E-state index in [1.54, 1.807) is 0 Å². The zero-order valence-electron chi connectivity index (χ0n) is 10.8. The molecule has 1 N–H and O–H groups in total. The van der Waals surface area contributed by atoms with E-state index >= 15 is 0 Å². The van der Waals surface area contributed by atoms with Gasteiger partial charge in [0.2, 0.25) is 11.7 Å². The van der Waals surface area contributed by atoms with Gasteiger partial charge in [-0.15, -0.1) is 0 Å². The van der Waals surface area contributed by atoms with Crippen LogP contribution >= 0.6 is 11.6 Å². The molecule has 0 aliphatic carbocycles. The van der Waals surface area contributed by atoms with E-state index in [1.807, 2.05) is 24.3 Å². The highest BCUT2D eigenvalue weighted by Crippen LogP contribution is 2.32. The van der Waals surface area contributed by atoms with Gasteiger partial charge in [0.1, 0.15) is 0 Å². The van der Waals surface area contributed by atoms with Gasteiger partial charge in [0.25, 0.3) is 0 Å². The summed E-state index contributed by atoms with van der Waals surface area (Å²) in [4.78, 5) is 4.56. The highest BCUT2D eigenvalue weighted by molar-refractivity contribution is 6.30. The van der Waals surface area contributed by atoms with Crippen LogP contribution in [-0.2, 0) is 5.41 Å². The van der Waals surface area contributed by atoms with Gasteiger partial charge in [-0.25, -0.2) is 0 Å². The molecule has 0 amide bonds. The summed E-state index contributed by atoms with van der Waals surface area (Å²) >= 11 is 5.88. The van der Waals surface area contributed by atoms with Crippen molar-refractivity contribution in [3.8, 4) is 11.4 Å². The molecule has 1 aliphatic rings. The van der Waals surface area contributed by atoms with Crippen molar-refractivity contribution >= 4 is 11.6 Å². The van der Waals surface area contributed by atoms with Gasteiger partial charge in [0.15, 0.2) is 0 Å². The second-order valence-corrected chi connectivity index (χ2v) is 5.68. The molecule has 0 unspecified atom stereocenters. The van der Waals surface area contributed by atoms with Crippen LogP contribution in [0.15, 0.2) is 28.8 Å². The molecular weight excluding hydrogens is 262 g/mol. The number of hydrogen-bond acceptors (Lipinski definition) is 4. The van der Waals surface area contributed by atoms with Gasteiger partial charge in [0.05, 0.1) is 0 Å². The van der Waals surface area contributed by atoms with Crippen molar-refractivity contribution in [1.82, 2.24) is 15.5 Å². The van der Waals surface area contributed by atoms with Gasteiger partial charge in [-0.1, -0.05) is 23.7 Å². The molecule has 0 bridgehead atoms. The minimum atomic E-state index is -0.0110. The molecule has 1 aromatic heterocycles. The van der Waals surface area contributed by atoms with E-state index in [4.69, 9.17) is 16.1 Å². The topological polar surface area (TPSA) is 51.0 Å². The lowest BCUT2D eigenvalue weighted by atomic mass is 9.81. The summed E-state index contributed by atoms with van der Waals surface area (Å²) in [5, 5.41) is 8.14. The molecule has 4 nitrogen and oxygen atoms in total. The Morgan fingerprint density at radius 3 is 2.58 bits per heavy atom. The normalized spacial score (nSPS) is 18.4. The first kappa shape index (κ1) is 12.6. The molecule has 19 heavy (non-hydrogen) atoms. The summed E-state index contributed by atoms with van der Waals surface area (Å²) in [6.07, 6.45) is 2.05. The van der Waals surface area contributed by atoms with Crippen LogP contribution in [0.5, 0.6) is 0 Å². The van der Waals surface area contributed by atoms with Gasteiger partial charge in [-0.05, 0) is 50.2 Å². The Morgan fingerprint density at radius 2 is 1.89 bits per heavy atom. The molecule has 100 valence electrons. The minimum absolute atomic E-state index is 0.0110. The van der Waals surface area contributed by atoms with Gasteiger partial charge in [-0.2, -0.15) is 4.98 Å². The molecule has 0 atom stereocenters. The molecule has 1 aliphatic heterocycles. The average Bonchev–Trinajstić information content (AvgIpc) is 2.91. The zero-order chi connectivity index (χ0) is 13.3. The van der Waals surface area contributed by atoms with Crippen LogP contribution in [0, 0.1) is 0 Å². The third-order valence-electron chi connectivity index (χ3n) is 3.75. The Morgan fingerprint density at radius 1 is 1.21 bits per heavy atom. The van der Waals surface area contributed by atoms with E-state index in [-0.39, 0.29) is 5.41 Å². The number of hydrogen-bond donors (Lipinski definition) is 1. The predicted molar refractivity (Wildman–Crippen MR) is 74.2 cm³/mol. The fourth-order valence-corrected chi connectivity index (χ4v) is 2.50. The molecule has 1 fully saturated rings. The SMILES string of the molecule is CC1(c2nc(-c3ccc(Cl)cc3)no2)CCNCC1. The Labute approximate surface area is 117 Å². The first-order valence-corrected chi connectivity index (χ1v) is 6.86. The van der Waals surface area contributed by atoms with Crippen LogP contribution in [0.1, 0.15) is 25.7 Å². The Bertz CT molecular complexity index is 558. The molecule has 2 aromatic rings. The number of rotatable bonds is 2. The largest absolute Gasteiger partial charge is 0.338 e. The lowest BCUT2D eigenvalue weighted by Crippen LogP contribution is -2.37. The lowest BCUT2D eigenvalue weighted by Gasteiger charge is -2.30. The van der Waals surface area contributed by atoms with Crippen LogP contribution in [0.25, 0.3) is 11.4 Å². The number of halogens is 1. The van der Waals surface area contributed by atoms with Crippen molar-refractivity contribution in [3.63, 3.8) is 0 Å². The van der Waals surface area contributed by atoms with Crippen LogP contribution in [0.2, 0.25) is 5.02 Å². The summed E-state index contributed by atoms with van der Waals surface area (Å²) in [5.41, 5.74) is 0.917. The monoisotopic (exact) mass is 277 g/mol. The number of aromatic nitrogens is 2. The maximum atomic E-state index is 5.88. The van der Waals surface area contributed by atoms with Crippen molar-refractivity contribution in [2.24, 2.45) is 0 Å². The van der Waals surface area contributed by atoms with Crippen LogP contribution in [0.4, 0.5) is 0 Å². The quantitative estimate of drug-likeness (QED) is 0.917. The summed E-state index contributed by atoms with van der Waals surface area (Å²) < 4.78 is 5.47. The standard InChI is InChI=1S/C14H16ClN3O/c1-14(6-8-16-9-7-14)13-17-12(18-19-13)10-2-4-11(15)5-3-10/h2-5,16H,6-9H2,1H3. The summed E-state index contributed by atoms with van der Waals surface area (Å²) in [7, 11) is 0. The van der Waals surface area contributed by atoms with Crippen molar-refractivity contribution in [1.29, 1.82) is 0 Å². The molecular formula is C14H16ClN3O. The Hall–Kier alpha value is -1.39. The Balaban J connectivity index is 1.88. The van der Waals surface area contributed by atoms with Gasteiger partial charge in [-0.3, -0.25) is 0 Å². The second-order valence-electron chi connectivity index (χ2n) is 5.24. The molecule has 5 heteroatoms. The van der Waals surface area contributed by atoms with Crippen LogP contribution < -0.4 is 5.32 Å². The number of benzene rings is 1. The van der Waals surface area contributed by atoms with Gasteiger partial charge in [0, 0.05) is 16.0 Å². The van der Waals surface area contributed by atoms with E-state index in [0.29, 0.717) is 10.8 Å². The maximum absolute atomic E-state index is 5.88. The van der Waals surface area contributed by atoms with Crippen molar-refractivity contribution in [2.75, 3.05) is 13.1 Å². The molecule has 0 radical (unpaired) electrons. The summed E-state index contributed by atoms with van der Waals surface area (Å²) in [5.74, 6) is 1.37. The first-order valence-electron chi connectivity index (χ1n) is 6.48. The van der Waals surface area contributed by atoms with E-state index < -0.39 is 0 Å². The first-order chi connectivity index (χ1) is 9.17. The van der Waals surface area contributed by atoms with Gasteiger partial charge < -0.3 is 9.84 Å². The average molecular weight is 278 g/mol. The van der Waals surface area contributed by atoms with Crippen LogP contribution in [-0.4, -0.2) is 23.2 Å². The molecule has 0 saturated carbocycles. The number of nitrogens with zero attached hydrogens (tertiary/aromatic N) is 2. The van der Waals surface area contributed by atoms with E-state index in [0.717, 1.165) is 37.4 Å². The second kappa shape index (κ2) is 4.94. The van der Waals surface area contributed by atoms with Crippen LogP contribution in [0.3, 0.4) is 0 Å². The highest BCUT2D eigenvalue weighted by Gasteiger charge is 2.34. The third-order valence-corrected chi connectivity index (χ3v) is 4.00. The lowest BCUT2D eigenvalue weighted by molar-refractivity contribution is 0.241. The van der Waals surface area contributed by atoms with E-state index in [2.05, 4.69) is 22.4 Å². The molecule has 2 heterocycles. The van der Waals surface area contributed by atoms with E-state index in [1.165, 1.54) is 0 Å².